The number of rotatable bonds is 9. The molecule has 3 rings (SSSR count). The van der Waals surface area contributed by atoms with E-state index in [9.17, 15) is 26.4 Å². The van der Waals surface area contributed by atoms with Gasteiger partial charge in [0.25, 0.3) is 0 Å². The summed E-state index contributed by atoms with van der Waals surface area (Å²) in [5.74, 6) is -0.720. The molecule has 1 saturated heterocycles. The van der Waals surface area contributed by atoms with Crippen molar-refractivity contribution >= 4 is 39.1 Å². The van der Waals surface area contributed by atoms with Crippen molar-refractivity contribution in [2.24, 2.45) is 0 Å². The maximum Gasteiger partial charge on any atom is 0.573 e. The van der Waals surface area contributed by atoms with E-state index in [1.807, 2.05) is 0 Å². The van der Waals surface area contributed by atoms with Crippen LogP contribution in [0.4, 0.5) is 13.2 Å². The molecule has 0 bridgehead atoms. The van der Waals surface area contributed by atoms with Crippen LogP contribution in [0.15, 0.2) is 42.5 Å². The molecule has 1 heterocycles. The van der Waals surface area contributed by atoms with Gasteiger partial charge in [-0.3, -0.25) is 4.79 Å². The number of hydrogen-bond acceptors (Lipinski definition) is 5. The van der Waals surface area contributed by atoms with E-state index < -0.39 is 21.8 Å². The summed E-state index contributed by atoms with van der Waals surface area (Å²) in [4.78, 5) is 15.6. The minimum absolute atomic E-state index is 0.0160. The molecular weight excluding hydrogens is 554 g/mol. The summed E-state index contributed by atoms with van der Waals surface area (Å²) >= 11 is 12.3. The Balaban J connectivity index is 1.74. The second kappa shape index (κ2) is 11.8. The quantitative estimate of drug-likeness (QED) is 0.474. The molecule has 2 aromatic rings. The van der Waals surface area contributed by atoms with Crippen LogP contribution >= 0.6 is 23.2 Å². The number of nitrogens with one attached hydrogen (secondary N) is 1. The average Bonchev–Trinajstić information content (AvgIpc) is 2.81. The van der Waals surface area contributed by atoms with E-state index in [0.29, 0.717) is 55.3 Å². The number of halogens is 5. The minimum atomic E-state index is -4.82. The number of sulfonamides is 1. The van der Waals surface area contributed by atoms with Crippen LogP contribution in [0.3, 0.4) is 0 Å². The van der Waals surface area contributed by atoms with Crippen molar-refractivity contribution in [3.05, 3.63) is 63.6 Å². The molecule has 0 aromatic heterocycles. The van der Waals surface area contributed by atoms with E-state index in [2.05, 4.69) is 15.0 Å². The third-order valence-electron chi connectivity index (χ3n) is 6.37. The van der Waals surface area contributed by atoms with Gasteiger partial charge in [0.2, 0.25) is 15.9 Å². The smallest absolute Gasteiger partial charge is 0.406 e. The minimum Gasteiger partial charge on any atom is -0.406 e. The molecule has 204 valence electrons. The summed E-state index contributed by atoms with van der Waals surface area (Å²) < 4.78 is 66.6. The predicted octanol–water partition coefficient (Wildman–Crippen LogP) is 4.43. The summed E-state index contributed by atoms with van der Waals surface area (Å²) in [5, 5.41) is 3.45. The number of carbonyl (C=O) groups is 1. The maximum atomic E-state index is 13.5. The highest BCUT2D eigenvalue weighted by Crippen LogP contribution is 2.33. The monoisotopic (exact) mass is 581 g/mol. The van der Waals surface area contributed by atoms with Gasteiger partial charge in [-0.25, -0.2) is 8.42 Å². The van der Waals surface area contributed by atoms with Crippen molar-refractivity contribution in [2.75, 3.05) is 39.0 Å². The zero-order chi connectivity index (χ0) is 27.4. The number of nitrogens with zero attached hydrogens (tertiary/aromatic N) is 2. The Morgan fingerprint density at radius 2 is 1.73 bits per heavy atom. The van der Waals surface area contributed by atoms with Crippen molar-refractivity contribution in [3.63, 3.8) is 0 Å². The van der Waals surface area contributed by atoms with Crippen LogP contribution in [0.25, 0.3) is 0 Å². The van der Waals surface area contributed by atoms with Crippen LogP contribution in [0.1, 0.15) is 24.5 Å². The first-order valence-corrected chi connectivity index (χ1v) is 14.0. The van der Waals surface area contributed by atoms with E-state index >= 15 is 0 Å². The SMILES string of the molecule is CC(CCN1CCN(S(C)(=O)=O)CC1)(C(=O)NCc1cccc(OC(F)(F)F)c1)c1ccc(Cl)c(Cl)c1. The molecular formula is C24H28Cl2F3N3O4S. The zero-order valence-corrected chi connectivity index (χ0v) is 22.6. The highest BCUT2D eigenvalue weighted by atomic mass is 35.5. The Kier molecular flexibility index (Phi) is 9.39. The van der Waals surface area contributed by atoms with Gasteiger partial charge in [0.15, 0.2) is 0 Å². The first kappa shape index (κ1) is 29.5. The second-order valence-electron chi connectivity index (χ2n) is 9.09. The second-order valence-corrected chi connectivity index (χ2v) is 11.9. The lowest BCUT2D eigenvalue weighted by molar-refractivity contribution is -0.274. The number of piperazine rings is 1. The van der Waals surface area contributed by atoms with E-state index in [4.69, 9.17) is 23.2 Å². The van der Waals surface area contributed by atoms with Gasteiger partial charge in [0.05, 0.1) is 21.7 Å². The number of ether oxygens (including phenoxy) is 1. The Bertz CT molecular complexity index is 1220. The molecule has 1 aliphatic rings. The molecule has 1 fully saturated rings. The molecule has 1 aliphatic heterocycles. The molecule has 1 atom stereocenters. The van der Waals surface area contributed by atoms with Crippen LogP contribution in [-0.2, 0) is 26.8 Å². The first-order valence-electron chi connectivity index (χ1n) is 11.4. The van der Waals surface area contributed by atoms with Crippen LogP contribution in [0, 0.1) is 0 Å². The molecule has 0 saturated carbocycles. The third kappa shape index (κ3) is 8.22. The molecule has 37 heavy (non-hydrogen) atoms. The van der Waals surface area contributed by atoms with Gasteiger partial charge in [0, 0.05) is 32.7 Å². The molecule has 1 N–H and O–H groups in total. The number of hydrogen-bond donors (Lipinski definition) is 1. The number of amides is 1. The van der Waals surface area contributed by atoms with Gasteiger partial charge in [-0.2, -0.15) is 4.31 Å². The molecule has 1 unspecified atom stereocenters. The molecule has 7 nitrogen and oxygen atoms in total. The lowest BCUT2D eigenvalue weighted by atomic mass is 9.78. The fraction of sp³-hybridized carbons (Fsp3) is 0.458. The Hall–Kier alpha value is -2.05. The van der Waals surface area contributed by atoms with Crippen LogP contribution in [-0.4, -0.2) is 68.9 Å². The molecule has 0 spiro atoms. The fourth-order valence-corrected chi connectivity index (χ4v) is 5.25. The topological polar surface area (TPSA) is 79.0 Å². The van der Waals surface area contributed by atoms with Gasteiger partial charge < -0.3 is 15.0 Å². The zero-order valence-electron chi connectivity index (χ0n) is 20.3. The van der Waals surface area contributed by atoms with Crippen molar-refractivity contribution in [1.82, 2.24) is 14.5 Å². The highest BCUT2D eigenvalue weighted by Gasteiger charge is 2.36. The van der Waals surface area contributed by atoms with Crippen LogP contribution in [0.2, 0.25) is 10.0 Å². The molecule has 1 amide bonds. The summed E-state index contributed by atoms with van der Waals surface area (Å²) in [6.45, 7) is 4.04. The lowest BCUT2D eigenvalue weighted by Crippen LogP contribution is -2.50. The summed E-state index contributed by atoms with van der Waals surface area (Å²) in [7, 11) is -3.26. The van der Waals surface area contributed by atoms with Crippen LogP contribution < -0.4 is 10.1 Å². The number of alkyl halides is 3. The molecule has 2 aromatic carbocycles. The standard InChI is InChI=1S/C24H28Cl2F3N3O4S/c1-23(18-6-7-20(25)21(26)15-18,8-9-31-10-12-32(13-11-31)37(2,34)35)22(33)30-16-17-4-3-5-19(14-17)36-24(27,28)29/h3-7,14-15H,8-13,16H2,1-2H3,(H,30,33). The molecule has 0 radical (unpaired) electrons. The average molecular weight is 582 g/mol. The maximum absolute atomic E-state index is 13.5. The largest absolute Gasteiger partial charge is 0.573 e. The van der Waals surface area contributed by atoms with Crippen molar-refractivity contribution < 1.29 is 31.1 Å². The van der Waals surface area contributed by atoms with Gasteiger partial charge in [0.1, 0.15) is 5.75 Å². The normalized spacial score (nSPS) is 17.3. The highest BCUT2D eigenvalue weighted by molar-refractivity contribution is 7.88. The van der Waals surface area contributed by atoms with E-state index in [-0.39, 0.29) is 23.2 Å². The van der Waals surface area contributed by atoms with Gasteiger partial charge in [-0.15, -0.1) is 13.2 Å². The van der Waals surface area contributed by atoms with E-state index in [1.54, 1.807) is 31.2 Å². The lowest BCUT2D eigenvalue weighted by Gasteiger charge is -2.36. The van der Waals surface area contributed by atoms with E-state index in [1.165, 1.54) is 28.8 Å². The molecule has 13 heteroatoms. The number of benzene rings is 2. The third-order valence-corrected chi connectivity index (χ3v) is 8.41. The predicted molar refractivity (Wildman–Crippen MR) is 136 cm³/mol. The Labute approximate surface area is 224 Å². The van der Waals surface area contributed by atoms with Crippen molar-refractivity contribution in [3.8, 4) is 5.75 Å². The number of carbonyl (C=O) groups excluding carboxylic acids is 1. The fourth-order valence-electron chi connectivity index (χ4n) is 4.12. The van der Waals surface area contributed by atoms with Crippen LogP contribution in [0.5, 0.6) is 5.75 Å². The summed E-state index contributed by atoms with van der Waals surface area (Å²) in [6, 6.07) is 10.3. The van der Waals surface area contributed by atoms with Crippen molar-refractivity contribution in [1.29, 1.82) is 0 Å². The van der Waals surface area contributed by atoms with E-state index in [0.717, 1.165) is 0 Å². The Morgan fingerprint density at radius 1 is 1.05 bits per heavy atom. The molecule has 0 aliphatic carbocycles. The summed E-state index contributed by atoms with van der Waals surface area (Å²) in [5.41, 5.74) is 0.00857. The van der Waals surface area contributed by atoms with Gasteiger partial charge in [-0.05, 0) is 55.3 Å². The Morgan fingerprint density at radius 3 is 2.32 bits per heavy atom. The first-order chi connectivity index (χ1) is 17.2. The van der Waals surface area contributed by atoms with Crippen molar-refractivity contribution in [2.45, 2.75) is 31.7 Å². The van der Waals surface area contributed by atoms with Gasteiger partial charge >= 0.3 is 6.36 Å². The summed E-state index contributed by atoms with van der Waals surface area (Å²) in [6.07, 6.45) is -3.26. The van der Waals surface area contributed by atoms with Gasteiger partial charge in [-0.1, -0.05) is 41.4 Å².